The molecule has 11 heteroatoms. The van der Waals surface area contributed by atoms with Crippen LogP contribution in [0.25, 0.3) is 0 Å². The highest BCUT2D eigenvalue weighted by atomic mass is 35.5. The lowest BCUT2D eigenvalue weighted by Gasteiger charge is -2.03. The van der Waals surface area contributed by atoms with E-state index in [-0.39, 0.29) is 23.9 Å². The van der Waals surface area contributed by atoms with E-state index in [1.165, 1.54) is 11.8 Å². The summed E-state index contributed by atoms with van der Waals surface area (Å²) in [5.74, 6) is 1.11. The van der Waals surface area contributed by atoms with Gasteiger partial charge in [0.25, 0.3) is 0 Å². The van der Waals surface area contributed by atoms with Gasteiger partial charge in [0.1, 0.15) is 11.6 Å². The van der Waals surface area contributed by atoms with Crippen molar-refractivity contribution in [3.05, 3.63) is 43.2 Å². The Kier molecular flexibility index (Phi) is 7.18. The van der Waals surface area contributed by atoms with E-state index in [0.29, 0.717) is 24.6 Å². The number of thiazole rings is 2. The Morgan fingerprint density at radius 3 is 2.81 bits per heavy atom. The number of nitrogens with zero attached hydrogens (tertiary/aromatic N) is 3. The van der Waals surface area contributed by atoms with Crippen LogP contribution in [0.4, 0.5) is 5.82 Å². The van der Waals surface area contributed by atoms with E-state index in [9.17, 15) is 9.90 Å². The summed E-state index contributed by atoms with van der Waals surface area (Å²) in [5, 5.41) is 11.9. The highest BCUT2D eigenvalue weighted by Gasteiger charge is 2.26. The zero-order chi connectivity index (χ0) is 18.0. The van der Waals surface area contributed by atoms with Crippen molar-refractivity contribution in [3.8, 4) is 0 Å². The van der Waals surface area contributed by atoms with Crippen molar-refractivity contribution >= 4 is 40.3 Å². The van der Waals surface area contributed by atoms with Gasteiger partial charge >= 0.3 is 9.21 Å². The third-order valence-electron chi connectivity index (χ3n) is 3.62. The molecule has 3 aromatic heterocycles. The molecule has 0 unspecified atom stereocenters. The van der Waals surface area contributed by atoms with Gasteiger partial charge in [0.2, 0.25) is 0 Å². The van der Waals surface area contributed by atoms with Crippen LogP contribution in [0, 0.1) is 13.8 Å². The van der Waals surface area contributed by atoms with Crippen LogP contribution in [-0.2, 0) is 13.0 Å². The molecule has 3 rings (SSSR count). The molecule has 4 N–H and O–H groups in total. The SMILES string of the molecule is Cc1ncc(C[n+]2c(Sc3csc(=O)[nH]3)sc(CCO)c2C)c(N)n1.[Cl-]. The van der Waals surface area contributed by atoms with Gasteiger partial charge in [0, 0.05) is 43.3 Å². The van der Waals surface area contributed by atoms with Crippen LogP contribution >= 0.6 is 34.4 Å². The first kappa shape index (κ1) is 20.8. The summed E-state index contributed by atoms with van der Waals surface area (Å²) in [6.07, 6.45) is 2.34. The van der Waals surface area contributed by atoms with Crippen LogP contribution in [0.15, 0.2) is 25.7 Å². The zero-order valence-electron chi connectivity index (χ0n) is 14.2. The van der Waals surface area contributed by atoms with Crippen molar-refractivity contribution in [3.63, 3.8) is 0 Å². The number of aromatic nitrogens is 4. The molecule has 0 aromatic carbocycles. The van der Waals surface area contributed by atoms with E-state index in [4.69, 9.17) is 5.73 Å². The summed E-state index contributed by atoms with van der Waals surface area (Å²) < 4.78 is 3.13. The third-order valence-corrected chi connectivity index (χ3v) is 6.92. The minimum Gasteiger partial charge on any atom is -1.00 e. The van der Waals surface area contributed by atoms with Crippen molar-refractivity contribution in [2.75, 3.05) is 12.3 Å². The highest BCUT2D eigenvalue weighted by Crippen LogP contribution is 2.31. The van der Waals surface area contributed by atoms with E-state index in [2.05, 4.69) is 19.5 Å². The molecule has 0 aliphatic carbocycles. The van der Waals surface area contributed by atoms with E-state index in [0.717, 1.165) is 36.8 Å². The van der Waals surface area contributed by atoms with Crippen LogP contribution in [0.1, 0.15) is 22.0 Å². The molecule has 0 spiro atoms. The first-order valence-corrected chi connectivity index (χ1v) is 10.1. The number of aliphatic hydroxyl groups excluding tert-OH is 1. The number of hydrogen-bond donors (Lipinski definition) is 3. The third kappa shape index (κ3) is 4.63. The molecule has 0 aliphatic rings. The fourth-order valence-corrected chi connectivity index (χ4v) is 5.53. The molecule has 0 saturated carbocycles. The minimum atomic E-state index is -0.0749. The van der Waals surface area contributed by atoms with E-state index < -0.39 is 0 Å². The van der Waals surface area contributed by atoms with Gasteiger partial charge in [0.15, 0.2) is 12.2 Å². The summed E-state index contributed by atoms with van der Waals surface area (Å²) >= 11 is 4.25. The Morgan fingerprint density at radius 1 is 1.42 bits per heavy atom. The maximum absolute atomic E-state index is 11.4. The second-order valence-electron chi connectivity index (χ2n) is 5.38. The largest absolute Gasteiger partial charge is 1.00 e. The molecular formula is C15H18ClN5O2S3. The van der Waals surface area contributed by atoms with Gasteiger partial charge in [-0.05, 0) is 6.92 Å². The van der Waals surface area contributed by atoms with Gasteiger partial charge in [-0.1, -0.05) is 22.7 Å². The molecule has 3 aromatic rings. The fourth-order valence-electron chi connectivity index (χ4n) is 2.33. The van der Waals surface area contributed by atoms with Crippen molar-refractivity contribution in [2.24, 2.45) is 0 Å². The van der Waals surface area contributed by atoms with Crippen molar-refractivity contribution < 1.29 is 22.1 Å². The van der Waals surface area contributed by atoms with E-state index >= 15 is 0 Å². The number of nitrogens with one attached hydrogen (secondary N) is 1. The minimum absolute atomic E-state index is 0. The van der Waals surface area contributed by atoms with Crippen molar-refractivity contribution in [2.45, 2.75) is 36.2 Å². The smallest absolute Gasteiger partial charge is 0.305 e. The first-order chi connectivity index (χ1) is 12.0. The lowest BCUT2D eigenvalue weighted by atomic mass is 10.2. The Balaban J connectivity index is 0.00000243. The average Bonchev–Trinajstić information content (AvgIpc) is 3.09. The molecule has 7 nitrogen and oxygen atoms in total. The molecule has 0 fully saturated rings. The van der Waals surface area contributed by atoms with Gasteiger partial charge in [-0.15, -0.1) is 0 Å². The normalized spacial score (nSPS) is 10.7. The lowest BCUT2D eigenvalue weighted by molar-refractivity contribution is -0.723. The number of halogens is 1. The summed E-state index contributed by atoms with van der Waals surface area (Å²) in [6.45, 7) is 4.46. The van der Waals surface area contributed by atoms with Crippen LogP contribution in [0.2, 0.25) is 0 Å². The summed E-state index contributed by atoms with van der Waals surface area (Å²) in [7, 11) is 0. The molecule has 0 radical (unpaired) electrons. The number of aromatic amines is 1. The van der Waals surface area contributed by atoms with Crippen molar-refractivity contribution in [1.82, 2.24) is 15.0 Å². The van der Waals surface area contributed by atoms with Gasteiger partial charge in [-0.25, -0.2) is 9.97 Å². The number of rotatable bonds is 6. The molecule has 0 amide bonds. The molecular weight excluding hydrogens is 414 g/mol. The Bertz CT molecular complexity index is 953. The molecule has 0 atom stereocenters. The lowest BCUT2D eigenvalue weighted by Crippen LogP contribution is -3.00. The molecule has 0 aliphatic heterocycles. The van der Waals surface area contributed by atoms with Gasteiger partial charge < -0.3 is 28.2 Å². The zero-order valence-corrected chi connectivity index (χ0v) is 17.4. The predicted molar refractivity (Wildman–Crippen MR) is 99.4 cm³/mol. The predicted octanol–water partition coefficient (Wildman–Crippen LogP) is -1.49. The van der Waals surface area contributed by atoms with Gasteiger partial charge in [-0.3, -0.25) is 4.79 Å². The second-order valence-corrected chi connectivity index (χ2v) is 8.59. The Morgan fingerprint density at radius 2 is 2.19 bits per heavy atom. The molecule has 0 saturated heterocycles. The standard InChI is InChI=1S/C15H17N5O2S3.ClH/c1-8-11(3-4-21)24-15(25-12-7-23-14(22)19-12)20(8)6-10-5-17-9(2)18-13(10)16;/h5,7,21H,3-4,6H2,1-2H3,(H2-,16,17,18,19,22);1H. The van der Waals surface area contributed by atoms with Crippen LogP contribution in [0.5, 0.6) is 0 Å². The average molecular weight is 432 g/mol. The molecule has 3 heterocycles. The molecule has 26 heavy (non-hydrogen) atoms. The molecule has 0 bridgehead atoms. The summed E-state index contributed by atoms with van der Waals surface area (Å²) in [4.78, 5) is 23.7. The fraction of sp³-hybridized carbons (Fsp3) is 0.333. The molecule has 140 valence electrons. The first-order valence-electron chi connectivity index (χ1n) is 7.54. The number of hydrogen-bond acceptors (Lipinski definition) is 8. The van der Waals surface area contributed by atoms with Crippen LogP contribution < -0.4 is 27.6 Å². The number of aliphatic hydroxyl groups is 1. The second kappa shape index (κ2) is 8.96. The number of anilines is 1. The summed E-state index contributed by atoms with van der Waals surface area (Å²) in [6, 6.07) is 0. The van der Waals surface area contributed by atoms with Gasteiger partial charge in [-0.2, -0.15) is 4.57 Å². The van der Waals surface area contributed by atoms with E-state index in [1.807, 2.05) is 12.3 Å². The maximum Gasteiger partial charge on any atom is 0.305 e. The Labute approximate surface area is 168 Å². The quantitative estimate of drug-likeness (QED) is 0.410. The monoisotopic (exact) mass is 431 g/mol. The summed E-state index contributed by atoms with van der Waals surface area (Å²) in [5.41, 5.74) is 7.95. The van der Waals surface area contributed by atoms with Crippen LogP contribution in [-0.4, -0.2) is 26.7 Å². The number of aryl methyl sites for hydroxylation is 1. The maximum atomic E-state index is 11.4. The van der Waals surface area contributed by atoms with Crippen LogP contribution in [0.3, 0.4) is 0 Å². The van der Waals surface area contributed by atoms with Gasteiger partial charge in [0.05, 0.1) is 15.5 Å². The highest BCUT2D eigenvalue weighted by molar-refractivity contribution is 8.00. The number of H-pyrrole nitrogens is 1. The van der Waals surface area contributed by atoms with Crippen molar-refractivity contribution in [1.29, 1.82) is 0 Å². The topological polar surface area (TPSA) is 109 Å². The number of nitrogen functional groups attached to an aromatic ring is 1. The number of nitrogens with two attached hydrogens (primary N) is 1. The van der Waals surface area contributed by atoms with E-state index in [1.54, 1.807) is 24.5 Å². The Hall–Kier alpha value is -1.46.